The molecule has 0 saturated carbocycles. The number of pyridine rings is 1. The molecule has 2 amide bonds. The number of nitrogens with one attached hydrogen (secondary N) is 2. The second-order valence-electron chi connectivity index (χ2n) is 7.86. The van der Waals surface area contributed by atoms with Crippen molar-refractivity contribution in [2.45, 2.75) is 19.1 Å². The van der Waals surface area contributed by atoms with Crippen LogP contribution in [-0.2, 0) is 13.1 Å². The Morgan fingerprint density at radius 1 is 1.21 bits per heavy atom. The Bertz CT molecular complexity index is 784. The summed E-state index contributed by atoms with van der Waals surface area (Å²) in [7, 11) is 5.79. The van der Waals surface area contributed by atoms with Crippen molar-refractivity contribution >= 4 is 6.03 Å². The minimum absolute atomic E-state index is 0.115. The van der Waals surface area contributed by atoms with Gasteiger partial charge in [-0.05, 0) is 49.5 Å². The number of likely N-dealkylation sites (tertiary alicyclic amines) is 1. The number of nitrogens with zero attached hydrogens (tertiary/aromatic N) is 3. The van der Waals surface area contributed by atoms with Gasteiger partial charge >= 0.3 is 6.03 Å². The number of carbonyl (C=O) groups is 1. The maximum atomic E-state index is 12.5. The lowest BCUT2D eigenvalue weighted by Crippen LogP contribution is -2.47. The molecule has 0 spiro atoms. The van der Waals surface area contributed by atoms with E-state index in [0.717, 1.165) is 37.5 Å². The number of amides is 2. The van der Waals surface area contributed by atoms with Crippen LogP contribution in [0.15, 0.2) is 48.8 Å². The van der Waals surface area contributed by atoms with Crippen LogP contribution in [0.1, 0.15) is 11.1 Å². The van der Waals surface area contributed by atoms with Gasteiger partial charge in [-0.3, -0.25) is 9.88 Å². The van der Waals surface area contributed by atoms with Crippen LogP contribution in [0.4, 0.5) is 4.79 Å². The number of methoxy groups -OCH3 is 1. The van der Waals surface area contributed by atoms with E-state index in [-0.39, 0.29) is 12.1 Å². The Morgan fingerprint density at radius 3 is 2.72 bits per heavy atom. The molecule has 2 N–H and O–H groups in total. The quantitative estimate of drug-likeness (QED) is 0.713. The summed E-state index contributed by atoms with van der Waals surface area (Å²) in [4.78, 5) is 21.2. The van der Waals surface area contributed by atoms with Gasteiger partial charge in [0, 0.05) is 57.1 Å². The van der Waals surface area contributed by atoms with Crippen LogP contribution in [0, 0.1) is 5.92 Å². The van der Waals surface area contributed by atoms with E-state index in [9.17, 15) is 4.79 Å². The van der Waals surface area contributed by atoms with E-state index in [1.165, 1.54) is 5.56 Å². The minimum atomic E-state index is -0.132. The summed E-state index contributed by atoms with van der Waals surface area (Å²) >= 11 is 0. The molecule has 1 saturated heterocycles. The molecule has 3 rings (SSSR count). The first-order valence-corrected chi connectivity index (χ1v) is 9.97. The molecule has 2 heterocycles. The van der Waals surface area contributed by atoms with E-state index >= 15 is 0 Å². The van der Waals surface area contributed by atoms with Gasteiger partial charge in [0.2, 0.25) is 0 Å². The van der Waals surface area contributed by atoms with Crippen LogP contribution < -0.4 is 15.4 Å². The molecule has 7 nitrogen and oxygen atoms in total. The van der Waals surface area contributed by atoms with Gasteiger partial charge in [0.25, 0.3) is 0 Å². The van der Waals surface area contributed by atoms with Crippen LogP contribution in [0.25, 0.3) is 0 Å². The molecule has 156 valence electrons. The molecule has 1 fully saturated rings. The lowest BCUT2D eigenvalue weighted by molar-refractivity contribution is 0.230. The average molecular weight is 398 g/mol. The monoisotopic (exact) mass is 397 g/mol. The Balaban J connectivity index is 1.55. The van der Waals surface area contributed by atoms with Gasteiger partial charge in [-0.2, -0.15) is 0 Å². The zero-order valence-corrected chi connectivity index (χ0v) is 17.5. The van der Waals surface area contributed by atoms with Crippen molar-refractivity contribution < 1.29 is 9.53 Å². The lowest BCUT2D eigenvalue weighted by Gasteiger charge is -2.23. The van der Waals surface area contributed by atoms with Gasteiger partial charge in [-0.15, -0.1) is 0 Å². The van der Waals surface area contributed by atoms with Crippen molar-refractivity contribution in [3.63, 3.8) is 0 Å². The van der Waals surface area contributed by atoms with E-state index in [0.29, 0.717) is 12.5 Å². The number of rotatable bonds is 8. The number of hydrogen-bond acceptors (Lipinski definition) is 5. The number of benzene rings is 1. The third kappa shape index (κ3) is 6.44. The van der Waals surface area contributed by atoms with Crippen molar-refractivity contribution in [1.82, 2.24) is 25.4 Å². The van der Waals surface area contributed by atoms with Crippen LogP contribution in [-0.4, -0.2) is 67.7 Å². The fourth-order valence-electron chi connectivity index (χ4n) is 3.84. The molecule has 2 atom stereocenters. The van der Waals surface area contributed by atoms with Crippen molar-refractivity contribution in [3.8, 4) is 5.75 Å². The molecule has 7 heteroatoms. The largest absolute Gasteiger partial charge is 0.497 e. The molecule has 2 aromatic rings. The predicted octanol–water partition coefficient (Wildman–Crippen LogP) is 1.95. The molecule has 0 unspecified atom stereocenters. The van der Waals surface area contributed by atoms with Crippen molar-refractivity contribution in [2.24, 2.45) is 5.92 Å². The molecule has 1 aliphatic rings. The standard InChI is InChI=1S/C22H31N5O2/c1-26(2)14-19-15-27(13-17-7-9-23-10-8-17)16-21(19)25-22(28)24-12-18-5-4-6-20(11-18)29-3/h4-11,19,21H,12-16H2,1-3H3,(H2,24,25,28)/t19-,21-/m1/s1. The molecule has 29 heavy (non-hydrogen) atoms. The first-order valence-electron chi connectivity index (χ1n) is 9.97. The highest BCUT2D eigenvalue weighted by atomic mass is 16.5. The summed E-state index contributed by atoms with van der Waals surface area (Å²) in [5, 5.41) is 6.16. The van der Waals surface area contributed by atoms with E-state index < -0.39 is 0 Å². The SMILES string of the molecule is COc1cccc(CNC(=O)N[C@@H]2CN(Cc3ccncc3)C[C@H]2CN(C)C)c1. The molecular weight excluding hydrogens is 366 g/mol. The molecule has 0 aliphatic carbocycles. The van der Waals surface area contributed by atoms with Crippen LogP contribution >= 0.6 is 0 Å². The summed E-state index contributed by atoms with van der Waals surface area (Å²) in [6.07, 6.45) is 3.65. The highest BCUT2D eigenvalue weighted by molar-refractivity contribution is 5.74. The second kappa shape index (κ2) is 10.2. The van der Waals surface area contributed by atoms with Crippen LogP contribution in [0.5, 0.6) is 5.75 Å². The second-order valence-corrected chi connectivity index (χ2v) is 7.86. The third-order valence-corrected chi connectivity index (χ3v) is 5.18. The number of carbonyl (C=O) groups excluding carboxylic acids is 1. The number of aromatic nitrogens is 1. The fourth-order valence-corrected chi connectivity index (χ4v) is 3.84. The number of hydrogen-bond donors (Lipinski definition) is 2. The first-order chi connectivity index (χ1) is 14.0. The Labute approximate surface area is 173 Å². The Morgan fingerprint density at radius 2 is 2.00 bits per heavy atom. The average Bonchev–Trinajstić information content (AvgIpc) is 3.07. The van der Waals surface area contributed by atoms with E-state index in [1.54, 1.807) is 7.11 Å². The molecule has 0 bridgehead atoms. The third-order valence-electron chi connectivity index (χ3n) is 5.18. The molecule has 0 radical (unpaired) electrons. The lowest BCUT2D eigenvalue weighted by atomic mass is 10.0. The van der Waals surface area contributed by atoms with E-state index in [2.05, 4.69) is 39.5 Å². The van der Waals surface area contributed by atoms with Crippen molar-refractivity contribution in [3.05, 3.63) is 59.9 Å². The minimum Gasteiger partial charge on any atom is -0.497 e. The van der Waals surface area contributed by atoms with Crippen LogP contribution in [0.3, 0.4) is 0 Å². The normalized spacial score (nSPS) is 19.3. The van der Waals surface area contributed by atoms with Gasteiger partial charge in [0.15, 0.2) is 0 Å². The fraction of sp³-hybridized carbons (Fsp3) is 0.455. The highest BCUT2D eigenvalue weighted by Gasteiger charge is 2.33. The van der Waals surface area contributed by atoms with Gasteiger partial charge in [0.05, 0.1) is 7.11 Å². The Hall–Kier alpha value is -2.64. The van der Waals surface area contributed by atoms with E-state index in [4.69, 9.17) is 4.74 Å². The van der Waals surface area contributed by atoms with Crippen LogP contribution in [0.2, 0.25) is 0 Å². The number of ether oxygens (including phenoxy) is 1. The van der Waals surface area contributed by atoms with Gasteiger partial charge in [-0.25, -0.2) is 4.79 Å². The zero-order valence-electron chi connectivity index (χ0n) is 17.5. The smallest absolute Gasteiger partial charge is 0.315 e. The molecule has 1 aromatic carbocycles. The van der Waals surface area contributed by atoms with Crippen molar-refractivity contribution in [2.75, 3.05) is 40.8 Å². The van der Waals surface area contributed by atoms with Gasteiger partial charge in [-0.1, -0.05) is 12.1 Å². The van der Waals surface area contributed by atoms with Gasteiger partial charge in [0.1, 0.15) is 5.75 Å². The first kappa shape index (κ1) is 21.1. The maximum Gasteiger partial charge on any atom is 0.315 e. The Kier molecular flexibility index (Phi) is 7.43. The summed E-state index contributed by atoms with van der Waals surface area (Å²) in [6, 6.07) is 11.8. The number of urea groups is 1. The maximum absolute atomic E-state index is 12.5. The molecular formula is C22H31N5O2. The zero-order chi connectivity index (χ0) is 20.6. The predicted molar refractivity (Wildman–Crippen MR) is 114 cm³/mol. The highest BCUT2D eigenvalue weighted by Crippen LogP contribution is 2.20. The van der Waals surface area contributed by atoms with Gasteiger partial charge < -0.3 is 20.3 Å². The van der Waals surface area contributed by atoms with E-state index in [1.807, 2.05) is 48.8 Å². The molecule has 1 aromatic heterocycles. The van der Waals surface area contributed by atoms with Crippen molar-refractivity contribution in [1.29, 1.82) is 0 Å². The topological polar surface area (TPSA) is 69.7 Å². The summed E-state index contributed by atoms with van der Waals surface area (Å²) in [6.45, 7) is 4.08. The summed E-state index contributed by atoms with van der Waals surface area (Å²) < 4.78 is 5.24. The summed E-state index contributed by atoms with van der Waals surface area (Å²) in [5.74, 6) is 1.17. The molecule has 1 aliphatic heterocycles. The summed E-state index contributed by atoms with van der Waals surface area (Å²) in [5.41, 5.74) is 2.25.